The summed E-state index contributed by atoms with van der Waals surface area (Å²) < 4.78 is 2.04. The summed E-state index contributed by atoms with van der Waals surface area (Å²) in [5.74, 6) is 0.966. The molecule has 0 aromatic carbocycles. The van der Waals surface area contributed by atoms with Crippen molar-refractivity contribution < 1.29 is 0 Å². The molecule has 2 rings (SSSR count). The van der Waals surface area contributed by atoms with Crippen molar-refractivity contribution >= 4 is 17.0 Å². The van der Waals surface area contributed by atoms with E-state index in [2.05, 4.69) is 42.6 Å². The number of anilines is 1. The molecule has 92 valence electrons. The molecular formula is C12H19N5. The number of nitrogens with zero attached hydrogens (tertiary/aromatic N) is 4. The molecule has 1 atom stereocenters. The van der Waals surface area contributed by atoms with Crippen molar-refractivity contribution in [1.82, 2.24) is 19.5 Å². The average Bonchev–Trinajstić information content (AvgIpc) is 2.62. The number of aromatic nitrogens is 4. The van der Waals surface area contributed by atoms with Gasteiger partial charge in [0.05, 0.1) is 6.33 Å². The van der Waals surface area contributed by atoms with Crippen LogP contribution in [-0.2, 0) is 6.54 Å². The third kappa shape index (κ3) is 2.23. The molecule has 0 saturated heterocycles. The molecule has 5 nitrogen and oxygen atoms in total. The summed E-state index contributed by atoms with van der Waals surface area (Å²) in [7, 11) is 0. The van der Waals surface area contributed by atoms with Gasteiger partial charge >= 0.3 is 0 Å². The lowest BCUT2D eigenvalue weighted by atomic mass is 9.82. The predicted octanol–water partition coefficient (Wildman–Crippen LogP) is 2.09. The van der Waals surface area contributed by atoms with E-state index in [4.69, 9.17) is 5.73 Å². The minimum Gasteiger partial charge on any atom is -0.382 e. The first-order valence-electron chi connectivity index (χ1n) is 5.81. The maximum Gasteiger partial charge on any atom is 0.165 e. The first-order valence-corrected chi connectivity index (χ1v) is 5.81. The third-order valence-electron chi connectivity index (χ3n) is 3.38. The second-order valence-corrected chi connectivity index (χ2v) is 5.60. The molecule has 2 aromatic heterocycles. The molecule has 0 fully saturated rings. The van der Waals surface area contributed by atoms with Gasteiger partial charge in [0.15, 0.2) is 11.5 Å². The molecule has 2 N–H and O–H groups in total. The van der Waals surface area contributed by atoms with Crippen molar-refractivity contribution in [2.45, 2.75) is 34.2 Å². The zero-order chi connectivity index (χ0) is 12.6. The SMILES string of the molecule is CC(Cn1cnc2c(N)ncnc21)C(C)(C)C. The van der Waals surface area contributed by atoms with Crippen molar-refractivity contribution in [3.05, 3.63) is 12.7 Å². The number of fused-ring (bicyclic) bond motifs is 1. The number of hydrogen-bond acceptors (Lipinski definition) is 4. The van der Waals surface area contributed by atoms with Gasteiger partial charge in [-0.3, -0.25) is 0 Å². The summed E-state index contributed by atoms with van der Waals surface area (Å²) in [5.41, 5.74) is 7.52. The number of hydrogen-bond donors (Lipinski definition) is 1. The van der Waals surface area contributed by atoms with Gasteiger partial charge in [-0.2, -0.15) is 0 Å². The maximum absolute atomic E-state index is 5.76. The lowest BCUT2D eigenvalue weighted by Crippen LogP contribution is -2.22. The van der Waals surface area contributed by atoms with Gasteiger partial charge in [-0.25, -0.2) is 15.0 Å². The molecule has 1 unspecified atom stereocenters. The number of nitrogens with two attached hydrogens (primary N) is 1. The van der Waals surface area contributed by atoms with E-state index in [1.54, 1.807) is 6.33 Å². The van der Waals surface area contributed by atoms with E-state index in [-0.39, 0.29) is 5.41 Å². The predicted molar refractivity (Wildman–Crippen MR) is 68.4 cm³/mol. The Morgan fingerprint density at radius 3 is 2.65 bits per heavy atom. The molecule has 0 amide bonds. The molecule has 0 saturated carbocycles. The molecule has 2 heterocycles. The van der Waals surface area contributed by atoms with Crippen LogP contribution < -0.4 is 5.73 Å². The van der Waals surface area contributed by atoms with Gasteiger partial charge in [-0.1, -0.05) is 27.7 Å². The Morgan fingerprint density at radius 2 is 2.00 bits per heavy atom. The van der Waals surface area contributed by atoms with E-state index in [0.717, 1.165) is 12.2 Å². The van der Waals surface area contributed by atoms with Crippen LogP contribution in [0.25, 0.3) is 11.2 Å². The summed E-state index contributed by atoms with van der Waals surface area (Å²) in [4.78, 5) is 12.5. The Balaban J connectivity index is 2.35. The average molecular weight is 233 g/mol. The minimum absolute atomic E-state index is 0.259. The van der Waals surface area contributed by atoms with E-state index in [1.165, 1.54) is 6.33 Å². The number of imidazole rings is 1. The molecule has 0 aliphatic carbocycles. The van der Waals surface area contributed by atoms with Gasteiger partial charge in [0.25, 0.3) is 0 Å². The number of nitrogen functional groups attached to an aromatic ring is 1. The van der Waals surface area contributed by atoms with Crippen LogP contribution in [0.5, 0.6) is 0 Å². The molecule has 0 bridgehead atoms. The van der Waals surface area contributed by atoms with Crippen LogP contribution in [0.3, 0.4) is 0 Å². The van der Waals surface area contributed by atoms with Crippen LogP contribution in [0.2, 0.25) is 0 Å². The summed E-state index contributed by atoms with van der Waals surface area (Å²) in [6, 6.07) is 0. The van der Waals surface area contributed by atoms with Crippen LogP contribution in [0, 0.1) is 11.3 Å². The molecule has 2 aromatic rings. The first kappa shape index (κ1) is 11.8. The Labute approximate surface area is 101 Å². The lowest BCUT2D eigenvalue weighted by Gasteiger charge is -2.27. The normalized spacial score (nSPS) is 14.1. The lowest BCUT2D eigenvalue weighted by molar-refractivity contribution is 0.234. The van der Waals surface area contributed by atoms with Crippen LogP contribution in [0.15, 0.2) is 12.7 Å². The monoisotopic (exact) mass is 233 g/mol. The number of rotatable bonds is 2. The van der Waals surface area contributed by atoms with Gasteiger partial charge < -0.3 is 10.3 Å². The van der Waals surface area contributed by atoms with Crippen LogP contribution in [0.4, 0.5) is 5.82 Å². The van der Waals surface area contributed by atoms with E-state index in [9.17, 15) is 0 Å². The Bertz CT molecular complexity index is 523. The maximum atomic E-state index is 5.76. The summed E-state index contributed by atoms with van der Waals surface area (Å²) >= 11 is 0. The smallest absolute Gasteiger partial charge is 0.165 e. The van der Waals surface area contributed by atoms with Crippen molar-refractivity contribution in [2.75, 3.05) is 5.73 Å². The standard InChI is InChI=1S/C12H19N5/c1-8(12(2,3)4)5-17-7-16-9-10(13)14-6-15-11(9)17/h6-8H,5H2,1-4H3,(H2,13,14,15). The second kappa shape index (κ2) is 3.98. The highest BCUT2D eigenvalue weighted by atomic mass is 15.1. The van der Waals surface area contributed by atoms with Crippen LogP contribution in [0.1, 0.15) is 27.7 Å². The largest absolute Gasteiger partial charge is 0.382 e. The topological polar surface area (TPSA) is 69.6 Å². The van der Waals surface area contributed by atoms with E-state index < -0.39 is 0 Å². The van der Waals surface area contributed by atoms with Crippen molar-refractivity contribution in [3.63, 3.8) is 0 Å². The highest BCUT2D eigenvalue weighted by Gasteiger charge is 2.21. The van der Waals surface area contributed by atoms with Crippen LogP contribution in [-0.4, -0.2) is 19.5 Å². The fourth-order valence-electron chi connectivity index (χ4n) is 1.60. The minimum atomic E-state index is 0.259. The van der Waals surface area contributed by atoms with Gasteiger partial charge in [-0.05, 0) is 11.3 Å². The molecule has 0 spiro atoms. The first-order chi connectivity index (χ1) is 7.89. The Morgan fingerprint density at radius 1 is 1.29 bits per heavy atom. The van der Waals surface area contributed by atoms with Gasteiger partial charge in [0.2, 0.25) is 0 Å². The Hall–Kier alpha value is -1.65. The van der Waals surface area contributed by atoms with Crippen molar-refractivity contribution in [3.8, 4) is 0 Å². The zero-order valence-electron chi connectivity index (χ0n) is 10.8. The highest BCUT2D eigenvalue weighted by molar-refractivity contribution is 5.81. The molecular weight excluding hydrogens is 214 g/mol. The molecule has 5 heteroatoms. The second-order valence-electron chi connectivity index (χ2n) is 5.60. The van der Waals surface area contributed by atoms with E-state index in [0.29, 0.717) is 17.3 Å². The van der Waals surface area contributed by atoms with Gasteiger partial charge in [-0.15, -0.1) is 0 Å². The molecule has 0 radical (unpaired) electrons. The molecule has 17 heavy (non-hydrogen) atoms. The van der Waals surface area contributed by atoms with Gasteiger partial charge in [0.1, 0.15) is 11.8 Å². The van der Waals surface area contributed by atoms with E-state index >= 15 is 0 Å². The van der Waals surface area contributed by atoms with Gasteiger partial charge in [0, 0.05) is 6.54 Å². The Kier molecular flexibility index (Phi) is 2.77. The molecule has 0 aliphatic rings. The molecule has 0 aliphatic heterocycles. The summed E-state index contributed by atoms with van der Waals surface area (Å²) in [5, 5.41) is 0. The van der Waals surface area contributed by atoms with Crippen LogP contribution >= 0.6 is 0 Å². The quantitative estimate of drug-likeness (QED) is 0.862. The zero-order valence-corrected chi connectivity index (χ0v) is 10.8. The van der Waals surface area contributed by atoms with Crippen molar-refractivity contribution in [2.24, 2.45) is 11.3 Å². The van der Waals surface area contributed by atoms with Crippen molar-refractivity contribution in [1.29, 1.82) is 0 Å². The fraction of sp³-hybridized carbons (Fsp3) is 0.583. The van der Waals surface area contributed by atoms with E-state index in [1.807, 2.05) is 4.57 Å². The third-order valence-corrected chi connectivity index (χ3v) is 3.38. The summed E-state index contributed by atoms with van der Waals surface area (Å²) in [6.45, 7) is 9.83. The fourth-order valence-corrected chi connectivity index (χ4v) is 1.60. The highest BCUT2D eigenvalue weighted by Crippen LogP contribution is 2.27. The summed E-state index contributed by atoms with van der Waals surface area (Å²) in [6.07, 6.45) is 3.27.